The van der Waals surface area contributed by atoms with Crippen LogP contribution in [0.1, 0.15) is 13.8 Å². The molecule has 0 aromatic carbocycles. The Hall–Kier alpha value is -1.92. The fraction of sp³-hybridized carbons (Fsp3) is 0.333. The highest BCUT2D eigenvalue weighted by Gasteiger charge is 2.18. The Balaban J connectivity index is 2.17. The molecule has 3 aromatic rings. The van der Waals surface area contributed by atoms with E-state index >= 15 is 0 Å². The van der Waals surface area contributed by atoms with Gasteiger partial charge in [0.1, 0.15) is 22.3 Å². The summed E-state index contributed by atoms with van der Waals surface area (Å²) < 4.78 is 3.76. The third kappa shape index (κ3) is 3.38. The predicted octanol–water partition coefficient (Wildman–Crippen LogP) is 3.70. The van der Waals surface area contributed by atoms with E-state index in [0.717, 1.165) is 29.2 Å². The minimum absolute atomic E-state index is 0.329. The van der Waals surface area contributed by atoms with E-state index in [1.165, 1.54) is 0 Å². The molecule has 0 atom stereocenters. The highest BCUT2D eigenvalue weighted by atomic mass is 35.5. The summed E-state index contributed by atoms with van der Waals surface area (Å²) in [6, 6.07) is 3.49. The summed E-state index contributed by atoms with van der Waals surface area (Å²) in [4.78, 5) is 3.99. The highest BCUT2D eigenvalue weighted by molar-refractivity contribution is 6.32. The predicted molar refractivity (Wildman–Crippen MR) is 90.3 cm³/mol. The number of pyridine rings is 1. The standard InChI is InChI=1S/C15H16Cl2N6/c1-9(2)6-23-7-11(15-20-18-8-22(15)3)14(21-23)10-4-12(16)19-13(17)5-10/h4-5,7-9H,6H2,1-3H3. The molecule has 0 amide bonds. The summed E-state index contributed by atoms with van der Waals surface area (Å²) in [5, 5.41) is 13.5. The van der Waals surface area contributed by atoms with Crippen molar-refractivity contribution >= 4 is 23.2 Å². The largest absolute Gasteiger partial charge is 0.317 e. The molecular formula is C15H16Cl2N6. The molecule has 0 radical (unpaired) electrons. The Morgan fingerprint density at radius 3 is 2.43 bits per heavy atom. The number of hydrogen-bond donors (Lipinski definition) is 0. The van der Waals surface area contributed by atoms with Crippen molar-refractivity contribution in [1.29, 1.82) is 0 Å². The summed E-state index contributed by atoms with van der Waals surface area (Å²) in [5.41, 5.74) is 2.44. The molecule has 0 N–H and O–H groups in total. The van der Waals surface area contributed by atoms with Crippen LogP contribution >= 0.6 is 23.2 Å². The van der Waals surface area contributed by atoms with Gasteiger partial charge in [-0.25, -0.2) is 4.98 Å². The first-order valence-corrected chi connectivity index (χ1v) is 7.95. The van der Waals surface area contributed by atoms with Gasteiger partial charge in [0.05, 0.1) is 5.56 Å². The minimum Gasteiger partial charge on any atom is -0.317 e. The SMILES string of the molecule is CC(C)Cn1cc(-c2nncn2C)c(-c2cc(Cl)nc(Cl)c2)n1. The minimum atomic E-state index is 0.329. The Morgan fingerprint density at radius 2 is 1.87 bits per heavy atom. The van der Waals surface area contributed by atoms with Crippen molar-refractivity contribution in [3.8, 4) is 22.6 Å². The molecule has 0 spiro atoms. The average molecular weight is 351 g/mol. The van der Waals surface area contributed by atoms with E-state index in [1.807, 2.05) is 22.5 Å². The number of halogens is 2. The van der Waals surface area contributed by atoms with Gasteiger partial charge in [0, 0.05) is 25.4 Å². The van der Waals surface area contributed by atoms with Gasteiger partial charge in [-0.1, -0.05) is 37.0 Å². The summed E-state index contributed by atoms with van der Waals surface area (Å²) in [6.07, 6.45) is 3.63. The van der Waals surface area contributed by atoms with E-state index in [0.29, 0.717) is 16.2 Å². The first kappa shape index (κ1) is 16.0. The lowest BCUT2D eigenvalue weighted by molar-refractivity contribution is 0.484. The van der Waals surface area contributed by atoms with Crippen LogP contribution in [0.2, 0.25) is 10.3 Å². The monoisotopic (exact) mass is 350 g/mol. The van der Waals surface area contributed by atoms with Crippen LogP contribution in [0.3, 0.4) is 0 Å². The van der Waals surface area contributed by atoms with Crippen molar-refractivity contribution < 1.29 is 0 Å². The molecule has 0 unspecified atom stereocenters. The molecule has 0 bridgehead atoms. The highest BCUT2D eigenvalue weighted by Crippen LogP contribution is 2.32. The summed E-state index contributed by atoms with van der Waals surface area (Å²) in [6.45, 7) is 5.09. The lowest BCUT2D eigenvalue weighted by Gasteiger charge is -2.04. The van der Waals surface area contributed by atoms with Crippen LogP contribution in [-0.4, -0.2) is 29.5 Å². The second-order valence-corrected chi connectivity index (χ2v) is 6.55. The third-order valence-corrected chi connectivity index (χ3v) is 3.69. The van der Waals surface area contributed by atoms with Gasteiger partial charge in [-0.2, -0.15) is 5.10 Å². The Morgan fingerprint density at radius 1 is 1.17 bits per heavy atom. The maximum absolute atomic E-state index is 6.04. The van der Waals surface area contributed by atoms with Gasteiger partial charge in [-0.3, -0.25) is 4.68 Å². The van der Waals surface area contributed by atoms with Gasteiger partial charge in [-0.05, 0) is 18.1 Å². The summed E-state index contributed by atoms with van der Waals surface area (Å²) in [7, 11) is 1.89. The van der Waals surface area contributed by atoms with Crippen LogP contribution < -0.4 is 0 Å². The summed E-state index contributed by atoms with van der Waals surface area (Å²) >= 11 is 12.1. The van der Waals surface area contributed by atoms with Crippen molar-refractivity contribution in [2.24, 2.45) is 13.0 Å². The lowest BCUT2D eigenvalue weighted by Crippen LogP contribution is -2.04. The van der Waals surface area contributed by atoms with Crippen LogP contribution in [0.15, 0.2) is 24.7 Å². The van der Waals surface area contributed by atoms with Crippen molar-refractivity contribution in [3.05, 3.63) is 35.0 Å². The summed E-state index contributed by atoms with van der Waals surface area (Å²) in [5.74, 6) is 1.21. The van der Waals surface area contributed by atoms with Gasteiger partial charge >= 0.3 is 0 Å². The Labute approximate surface area is 144 Å². The zero-order chi connectivity index (χ0) is 16.6. The molecule has 0 fully saturated rings. The number of aryl methyl sites for hydroxylation is 1. The van der Waals surface area contributed by atoms with Gasteiger partial charge in [0.25, 0.3) is 0 Å². The van der Waals surface area contributed by atoms with Gasteiger partial charge in [0.2, 0.25) is 0 Å². The maximum Gasteiger partial charge on any atom is 0.167 e. The average Bonchev–Trinajstić information content (AvgIpc) is 3.03. The molecule has 6 nitrogen and oxygen atoms in total. The topological polar surface area (TPSA) is 61.4 Å². The van der Waals surface area contributed by atoms with E-state index in [-0.39, 0.29) is 0 Å². The Kier molecular flexibility index (Phi) is 4.37. The normalized spacial score (nSPS) is 11.4. The molecule has 120 valence electrons. The second kappa shape index (κ2) is 6.29. The fourth-order valence-corrected chi connectivity index (χ4v) is 2.85. The van der Waals surface area contributed by atoms with Crippen LogP contribution in [0.5, 0.6) is 0 Å². The fourth-order valence-electron chi connectivity index (χ4n) is 2.39. The molecular weight excluding hydrogens is 335 g/mol. The molecule has 3 rings (SSSR count). The second-order valence-electron chi connectivity index (χ2n) is 5.77. The van der Waals surface area contributed by atoms with E-state index < -0.39 is 0 Å². The van der Waals surface area contributed by atoms with Crippen LogP contribution in [0.4, 0.5) is 0 Å². The molecule has 0 saturated heterocycles. The molecule has 0 saturated carbocycles. The number of aromatic nitrogens is 6. The molecule has 23 heavy (non-hydrogen) atoms. The van der Waals surface area contributed by atoms with Crippen LogP contribution in [-0.2, 0) is 13.6 Å². The number of hydrogen-bond acceptors (Lipinski definition) is 4. The zero-order valence-corrected chi connectivity index (χ0v) is 14.5. The lowest BCUT2D eigenvalue weighted by atomic mass is 10.1. The van der Waals surface area contributed by atoms with E-state index in [2.05, 4.69) is 29.0 Å². The molecule has 0 aliphatic heterocycles. The van der Waals surface area contributed by atoms with Crippen molar-refractivity contribution in [2.45, 2.75) is 20.4 Å². The molecule has 0 aliphatic carbocycles. The first-order valence-electron chi connectivity index (χ1n) is 7.19. The number of rotatable bonds is 4. The Bertz CT molecular complexity index is 816. The van der Waals surface area contributed by atoms with Crippen molar-refractivity contribution in [2.75, 3.05) is 0 Å². The van der Waals surface area contributed by atoms with Gasteiger partial charge < -0.3 is 4.57 Å². The smallest absolute Gasteiger partial charge is 0.167 e. The third-order valence-electron chi connectivity index (χ3n) is 3.30. The van der Waals surface area contributed by atoms with E-state index in [1.54, 1.807) is 18.5 Å². The zero-order valence-electron chi connectivity index (χ0n) is 13.0. The van der Waals surface area contributed by atoms with Crippen molar-refractivity contribution in [1.82, 2.24) is 29.5 Å². The first-order chi connectivity index (χ1) is 10.9. The van der Waals surface area contributed by atoms with E-state index in [9.17, 15) is 0 Å². The van der Waals surface area contributed by atoms with Crippen LogP contribution in [0, 0.1) is 5.92 Å². The molecule has 3 aromatic heterocycles. The molecule has 0 aliphatic rings. The van der Waals surface area contributed by atoms with Gasteiger partial charge in [-0.15, -0.1) is 10.2 Å². The van der Waals surface area contributed by atoms with Gasteiger partial charge in [0.15, 0.2) is 5.82 Å². The quantitative estimate of drug-likeness (QED) is 0.673. The van der Waals surface area contributed by atoms with Crippen LogP contribution in [0.25, 0.3) is 22.6 Å². The van der Waals surface area contributed by atoms with Crippen molar-refractivity contribution in [3.63, 3.8) is 0 Å². The molecule has 3 heterocycles. The number of nitrogens with zero attached hydrogens (tertiary/aromatic N) is 6. The molecule has 8 heteroatoms. The maximum atomic E-state index is 6.04. The van der Waals surface area contributed by atoms with E-state index in [4.69, 9.17) is 28.3 Å².